The van der Waals surface area contributed by atoms with Gasteiger partial charge in [0.2, 0.25) is 10.0 Å². The van der Waals surface area contributed by atoms with Crippen LogP contribution in [-0.2, 0) is 10.0 Å². The fraction of sp³-hybridized carbons (Fsp3) is 0.538. The molecule has 0 aromatic heterocycles. The average molecular weight is 381 g/mol. The van der Waals surface area contributed by atoms with Gasteiger partial charge in [-0.15, -0.1) is 0 Å². The fourth-order valence-electron chi connectivity index (χ4n) is 1.81. The van der Waals surface area contributed by atoms with E-state index in [1.54, 1.807) is 31.8 Å². The van der Waals surface area contributed by atoms with Crippen molar-refractivity contribution in [3.63, 3.8) is 0 Å². The van der Waals surface area contributed by atoms with E-state index in [0.717, 1.165) is 12.2 Å². The highest BCUT2D eigenvalue weighted by atomic mass is 79.9. The summed E-state index contributed by atoms with van der Waals surface area (Å²) in [4.78, 5) is 0.275. The van der Waals surface area contributed by atoms with E-state index in [4.69, 9.17) is 5.73 Å². The van der Waals surface area contributed by atoms with Crippen LogP contribution < -0.4 is 5.73 Å². The molecule has 7 heteroatoms. The lowest BCUT2D eigenvalue weighted by Crippen LogP contribution is -2.35. The molecule has 0 aliphatic heterocycles. The fourth-order valence-corrected chi connectivity index (χ4v) is 4.47. The summed E-state index contributed by atoms with van der Waals surface area (Å²) in [5.41, 5.74) is 6.93. The van der Waals surface area contributed by atoms with Crippen molar-refractivity contribution in [3.8, 4) is 0 Å². The molecule has 0 spiro atoms. The molecule has 4 nitrogen and oxygen atoms in total. The van der Waals surface area contributed by atoms with E-state index in [1.807, 2.05) is 13.2 Å². The summed E-state index contributed by atoms with van der Waals surface area (Å²) in [5.74, 6) is 0.933. The largest absolute Gasteiger partial charge is 0.398 e. The summed E-state index contributed by atoms with van der Waals surface area (Å²) in [6.45, 7) is 3.70. The van der Waals surface area contributed by atoms with Crippen molar-refractivity contribution in [2.24, 2.45) is 0 Å². The molecule has 0 saturated carbocycles. The molecule has 20 heavy (non-hydrogen) atoms. The number of anilines is 1. The quantitative estimate of drug-likeness (QED) is 0.770. The Morgan fingerprint density at radius 3 is 2.60 bits per heavy atom. The van der Waals surface area contributed by atoms with Crippen molar-refractivity contribution in [2.45, 2.75) is 31.2 Å². The minimum Gasteiger partial charge on any atom is -0.398 e. The lowest BCUT2D eigenvalue weighted by Gasteiger charge is -2.25. The van der Waals surface area contributed by atoms with Gasteiger partial charge >= 0.3 is 0 Å². The summed E-state index contributed by atoms with van der Waals surface area (Å²) in [6, 6.07) is 3.21. The molecule has 1 aromatic carbocycles. The molecule has 0 heterocycles. The highest BCUT2D eigenvalue weighted by Crippen LogP contribution is 2.29. The topological polar surface area (TPSA) is 63.4 Å². The predicted octanol–water partition coefficient (Wildman–Crippen LogP) is 3.10. The van der Waals surface area contributed by atoms with Gasteiger partial charge in [0.1, 0.15) is 0 Å². The molecule has 1 aromatic rings. The lowest BCUT2D eigenvalue weighted by molar-refractivity contribution is 0.382. The zero-order chi connectivity index (χ0) is 15.5. The first-order chi connectivity index (χ1) is 9.21. The third-order valence-electron chi connectivity index (χ3n) is 3.31. The van der Waals surface area contributed by atoms with E-state index in [0.29, 0.717) is 15.7 Å². The highest BCUT2D eigenvalue weighted by molar-refractivity contribution is 9.10. The number of sulfonamides is 1. The second-order valence-corrected chi connectivity index (χ2v) is 8.60. The van der Waals surface area contributed by atoms with Gasteiger partial charge in [0, 0.05) is 23.2 Å². The number of nitrogens with zero attached hydrogens (tertiary/aromatic N) is 1. The van der Waals surface area contributed by atoms with E-state index in [1.165, 1.54) is 10.4 Å². The van der Waals surface area contributed by atoms with Crippen molar-refractivity contribution in [3.05, 3.63) is 22.2 Å². The van der Waals surface area contributed by atoms with Gasteiger partial charge in [-0.25, -0.2) is 8.42 Å². The first kappa shape index (κ1) is 17.8. The van der Waals surface area contributed by atoms with Gasteiger partial charge in [-0.3, -0.25) is 0 Å². The number of nitrogen functional groups attached to an aromatic ring is 1. The van der Waals surface area contributed by atoms with Crippen LogP contribution in [0.4, 0.5) is 5.69 Å². The van der Waals surface area contributed by atoms with Crippen LogP contribution in [0.3, 0.4) is 0 Å². The number of halogens is 1. The Bertz CT molecular complexity index is 576. The second kappa shape index (κ2) is 7.15. The number of thioether (sulfide) groups is 1. The Morgan fingerprint density at radius 2 is 2.05 bits per heavy atom. The van der Waals surface area contributed by atoms with Gasteiger partial charge in [-0.1, -0.05) is 0 Å². The number of benzene rings is 1. The SMILES string of the molecule is CSCCC(C)N(C)S(=O)(=O)c1cc(N)c(Br)cc1C. The Kier molecular flexibility index (Phi) is 6.37. The predicted molar refractivity (Wildman–Crippen MR) is 90.7 cm³/mol. The van der Waals surface area contributed by atoms with E-state index in [-0.39, 0.29) is 10.9 Å². The molecule has 0 aliphatic rings. The normalized spacial score (nSPS) is 13.7. The third-order valence-corrected chi connectivity index (χ3v) is 6.76. The number of nitrogens with two attached hydrogens (primary N) is 1. The van der Waals surface area contributed by atoms with Gasteiger partial charge < -0.3 is 5.73 Å². The van der Waals surface area contributed by atoms with Gasteiger partial charge in [0.15, 0.2) is 0 Å². The minimum atomic E-state index is -3.52. The second-order valence-electron chi connectivity index (χ2n) is 4.79. The van der Waals surface area contributed by atoms with Crippen molar-refractivity contribution in [2.75, 3.05) is 24.8 Å². The number of hydrogen-bond acceptors (Lipinski definition) is 4. The van der Waals surface area contributed by atoms with E-state index in [2.05, 4.69) is 15.9 Å². The van der Waals surface area contributed by atoms with Crippen LogP contribution in [0.1, 0.15) is 18.9 Å². The Hall–Kier alpha value is -0.240. The number of hydrogen-bond donors (Lipinski definition) is 1. The van der Waals surface area contributed by atoms with Crippen molar-refractivity contribution in [1.82, 2.24) is 4.31 Å². The molecule has 1 atom stereocenters. The first-order valence-electron chi connectivity index (χ1n) is 6.24. The molecule has 2 N–H and O–H groups in total. The lowest BCUT2D eigenvalue weighted by atomic mass is 10.2. The summed E-state index contributed by atoms with van der Waals surface area (Å²) in [5, 5.41) is 0. The molecule has 1 rings (SSSR count). The highest BCUT2D eigenvalue weighted by Gasteiger charge is 2.27. The standard InChI is InChI=1S/C13H21BrN2O2S2/c1-9-7-11(14)12(15)8-13(9)20(17,18)16(3)10(2)5-6-19-4/h7-8,10H,5-6,15H2,1-4H3. The van der Waals surface area contributed by atoms with Crippen LogP contribution in [0.25, 0.3) is 0 Å². The molecule has 0 radical (unpaired) electrons. The van der Waals surface area contributed by atoms with E-state index < -0.39 is 10.0 Å². The van der Waals surface area contributed by atoms with E-state index >= 15 is 0 Å². The van der Waals surface area contributed by atoms with Crippen LogP contribution in [-0.4, -0.2) is 37.8 Å². The van der Waals surface area contributed by atoms with Crippen LogP contribution >= 0.6 is 27.7 Å². The van der Waals surface area contributed by atoms with Crippen molar-refractivity contribution >= 4 is 43.4 Å². The summed E-state index contributed by atoms with van der Waals surface area (Å²) in [7, 11) is -1.89. The number of rotatable bonds is 6. The monoisotopic (exact) mass is 380 g/mol. The maximum atomic E-state index is 12.7. The maximum absolute atomic E-state index is 12.7. The maximum Gasteiger partial charge on any atom is 0.243 e. The van der Waals surface area contributed by atoms with Crippen LogP contribution in [0, 0.1) is 6.92 Å². The van der Waals surface area contributed by atoms with Gasteiger partial charge in [-0.05, 0) is 65.9 Å². The molecule has 0 saturated heterocycles. The van der Waals surface area contributed by atoms with Crippen LogP contribution in [0.2, 0.25) is 0 Å². The molecule has 0 amide bonds. The smallest absolute Gasteiger partial charge is 0.243 e. The Morgan fingerprint density at radius 1 is 1.45 bits per heavy atom. The summed E-state index contributed by atoms with van der Waals surface area (Å²) >= 11 is 5.02. The molecular formula is C13H21BrN2O2S2. The molecule has 0 bridgehead atoms. The summed E-state index contributed by atoms with van der Waals surface area (Å²) in [6.07, 6.45) is 2.84. The molecule has 114 valence electrons. The zero-order valence-corrected chi connectivity index (χ0v) is 15.4. The average Bonchev–Trinajstić information content (AvgIpc) is 2.38. The zero-order valence-electron chi connectivity index (χ0n) is 12.2. The van der Waals surface area contributed by atoms with Gasteiger partial charge in [0.25, 0.3) is 0 Å². The number of aryl methyl sites for hydroxylation is 1. The van der Waals surface area contributed by atoms with Crippen molar-refractivity contribution < 1.29 is 8.42 Å². The third kappa shape index (κ3) is 3.90. The van der Waals surface area contributed by atoms with Crippen LogP contribution in [0.15, 0.2) is 21.5 Å². The minimum absolute atomic E-state index is 0.0447. The van der Waals surface area contributed by atoms with Crippen LogP contribution in [0.5, 0.6) is 0 Å². The van der Waals surface area contributed by atoms with Gasteiger partial charge in [-0.2, -0.15) is 16.1 Å². The Labute approximate surface area is 134 Å². The summed E-state index contributed by atoms with van der Waals surface area (Å²) < 4.78 is 27.5. The van der Waals surface area contributed by atoms with Crippen molar-refractivity contribution in [1.29, 1.82) is 0 Å². The first-order valence-corrected chi connectivity index (χ1v) is 9.87. The van der Waals surface area contributed by atoms with Gasteiger partial charge in [0.05, 0.1) is 4.90 Å². The van der Waals surface area contributed by atoms with E-state index in [9.17, 15) is 8.42 Å². The molecule has 0 fully saturated rings. The molecular weight excluding hydrogens is 360 g/mol. The molecule has 0 aliphatic carbocycles. The Balaban J connectivity index is 3.13. The molecule has 1 unspecified atom stereocenters.